The minimum atomic E-state index is -0.267. The van der Waals surface area contributed by atoms with Gasteiger partial charge < -0.3 is 15.4 Å². The summed E-state index contributed by atoms with van der Waals surface area (Å²) in [5.74, 6) is 0.661. The first-order valence-corrected chi connectivity index (χ1v) is 11.0. The molecular weight excluding hydrogens is 403 g/mol. The van der Waals surface area contributed by atoms with Gasteiger partial charge in [0.15, 0.2) is 5.78 Å². The predicted octanol–water partition coefficient (Wildman–Crippen LogP) is 6.20. The molecule has 0 aromatic heterocycles. The summed E-state index contributed by atoms with van der Waals surface area (Å²) in [6.07, 6.45) is 1.09. The molecule has 32 heavy (non-hydrogen) atoms. The van der Waals surface area contributed by atoms with Crippen LogP contribution in [0.1, 0.15) is 42.9 Å². The van der Waals surface area contributed by atoms with Gasteiger partial charge in [0.25, 0.3) is 0 Å². The molecule has 162 valence electrons. The molecule has 4 nitrogen and oxygen atoms in total. The van der Waals surface area contributed by atoms with Gasteiger partial charge in [-0.25, -0.2) is 4.39 Å². The third-order valence-electron chi connectivity index (χ3n) is 6.17. The van der Waals surface area contributed by atoms with Crippen LogP contribution < -0.4 is 15.4 Å². The van der Waals surface area contributed by atoms with E-state index in [2.05, 4.69) is 10.6 Å². The number of ketones is 1. The zero-order chi connectivity index (χ0) is 22.1. The first-order chi connectivity index (χ1) is 15.6. The molecule has 0 fully saturated rings. The van der Waals surface area contributed by atoms with Crippen LogP contribution in [0.2, 0.25) is 0 Å². The summed E-state index contributed by atoms with van der Waals surface area (Å²) in [6.45, 7) is 2.57. The number of carbonyl (C=O) groups is 1. The molecule has 0 amide bonds. The number of ether oxygens (including phenoxy) is 1. The molecule has 0 saturated heterocycles. The molecule has 2 unspecified atom stereocenters. The Morgan fingerprint density at radius 2 is 1.59 bits per heavy atom. The summed E-state index contributed by atoms with van der Waals surface area (Å²) < 4.78 is 19.0. The SMILES string of the molecule is CCOc1ccc(C2Nc3ccccc3NC3=C2C(=O)CC(c2ccc(F)cc2)C3)cc1. The quantitative estimate of drug-likeness (QED) is 0.519. The number of hydrogen-bond acceptors (Lipinski definition) is 4. The Morgan fingerprint density at radius 1 is 0.906 bits per heavy atom. The van der Waals surface area contributed by atoms with Crippen molar-refractivity contribution in [3.63, 3.8) is 0 Å². The Kier molecular flexibility index (Phi) is 5.39. The van der Waals surface area contributed by atoms with Crippen molar-refractivity contribution in [3.05, 3.63) is 101 Å². The molecule has 0 spiro atoms. The summed E-state index contributed by atoms with van der Waals surface area (Å²) >= 11 is 0. The van der Waals surface area contributed by atoms with Crippen LogP contribution in [0.15, 0.2) is 84.1 Å². The maximum absolute atomic E-state index is 13.5. The molecule has 1 heterocycles. The number of rotatable bonds is 4. The lowest BCUT2D eigenvalue weighted by Gasteiger charge is -2.30. The van der Waals surface area contributed by atoms with Crippen molar-refractivity contribution in [3.8, 4) is 5.75 Å². The lowest BCUT2D eigenvalue weighted by Crippen LogP contribution is -2.26. The molecule has 2 atom stereocenters. The summed E-state index contributed by atoms with van der Waals surface area (Å²) in [5, 5.41) is 7.12. The second-order valence-electron chi connectivity index (χ2n) is 8.22. The fraction of sp³-hybridized carbons (Fsp3) is 0.222. The van der Waals surface area contributed by atoms with E-state index in [-0.39, 0.29) is 23.6 Å². The van der Waals surface area contributed by atoms with Crippen molar-refractivity contribution in [1.29, 1.82) is 0 Å². The van der Waals surface area contributed by atoms with Crippen molar-refractivity contribution >= 4 is 17.2 Å². The summed E-state index contributed by atoms with van der Waals surface area (Å²) in [6, 6.07) is 22.1. The third kappa shape index (κ3) is 3.86. The molecule has 5 heteroatoms. The van der Waals surface area contributed by atoms with E-state index < -0.39 is 0 Å². The van der Waals surface area contributed by atoms with Crippen LogP contribution in [0.5, 0.6) is 5.75 Å². The normalized spacial score (nSPS) is 19.9. The van der Waals surface area contributed by atoms with Crippen molar-refractivity contribution in [2.45, 2.75) is 31.7 Å². The van der Waals surface area contributed by atoms with Crippen molar-refractivity contribution in [2.75, 3.05) is 17.2 Å². The van der Waals surface area contributed by atoms with E-state index in [4.69, 9.17) is 4.74 Å². The first kappa shape index (κ1) is 20.3. The second kappa shape index (κ2) is 8.50. The van der Waals surface area contributed by atoms with Gasteiger partial charge in [0.05, 0.1) is 24.0 Å². The highest BCUT2D eigenvalue weighted by molar-refractivity contribution is 6.01. The standard InChI is InChI=1S/C27H25FN2O2/c1-2-32-21-13-9-18(10-14-21)27-26-24(29-22-5-3-4-6-23(22)30-27)15-19(16-25(26)31)17-7-11-20(28)12-8-17/h3-14,19,27,29-30H,2,15-16H2,1H3. The number of hydrogen-bond donors (Lipinski definition) is 2. The number of allylic oxidation sites excluding steroid dienone is 1. The van der Waals surface area contributed by atoms with Gasteiger partial charge in [0.2, 0.25) is 0 Å². The van der Waals surface area contributed by atoms with E-state index in [1.54, 1.807) is 12.1 Å². The molecular formula is C27H25FN2O2. The minimum absolute atomic E-state index is 0.0144. The Morgan fingerprint density at radius 3 is 2.31 bits per heavy atom. The van der Waals surface area contributed by atoms with Crippen molar-refractivity contribution < 1.29 is 13.9 Å². The fourth-order valence-corrected chi connectivity index (χ4v) is 4.64. The van der Waals surface area contributed by atoms with E-state index in [0.717, 1.165) is 39.5 Å². The van der Waals surface area contributed by atoms with Gasteiger partial charge >= 0.3 is 0 Å². The number of Topliss-reactive ketones (excluding diaryl/α,β-unsaturated/α-hetero) is 1. The molecule has 2 N–H and O–H groups in total. The molecule has 2 aliphatic rings. The molecule has 1 aliphatic heterocycles. The average molecular weight is 429 g/mol. The van der Waals surface area contributed by atoms with Gasteiger partial charge in [-0.15, -0.1) is 0 Å². The molecule has 3 aromatic carbocycles. The highest BCUT2D eigenvalue weighted by atomic mass is 19.1. The van der Waals surface area contributed by atoms with Crippen LogP contribution >= 0.6 is 0 Å². The lowest BCUT2D eigenvalue weighted by atomic mass is 9.78. The van der Waals surface area contributed by atoms with Crippen LogP contribution in [0.4, 0.5) is 15.8 Å². The Balaban J connectivity index is 1.56. The summed E-state index contributed by atoms with van der Waals surface area (Å²) in [5.41, 5.74) is 5.58. The van der Waals surface area contributed by atoms with E-state index in [0.29, 0.717) is 19.4 Å². The first-order valence-electron chi connectivity index (χ1n) is 11.0. The Hall–Kier alpha value is -3.60. The number of benzene rings is 3. The monoisotopic (exact) mass is 428 g/mol. The zero-order valence-electron chi connectivity index (χ0n) is 17.9. The molecule has 3 aromatic rings. The van der Waals surface area contributed by atoms with Gasteiger partial charge in [-0.2, -0.15) is 0 Å². The van der Waals surface area contributed by atoms with Crippen LogP contribution in [-0.2, 0) is 4.79 Å². The molecule has 0 saturated carbocycles. The number of fused-ring (bicyclic) bond motifs is 1. The Labute approximate surface area is 187 Å². The maximum atomic E-state index is 13.5. The fourth-order valence-electron chi connectivity index (χ4n) is 4.64. The van der Waals surface area contributed by atoms with Gasteiger partial charge in [0.1, 0.15) is 11.6 Å². The zero-order valence-corrected chi connectivity index (χ0v) is 17.9. The highest BCUT2D eigenvalue weighted by Gasteiger charge is 2.36. The van der Waals surface area contributed by atoms with Gasteiger partial charge in [-0.1, -0.05) is 36.4 Å². The topological polar surface area (TPSA) is 50.4 Å². The third-order valence-corrected chi connectivity index (χ3v) is 6.17. The van der Waals surface area contributed by atoms with Crippen LogP contribution in [0, 0.1) is 5.82 Å². The number of halogens is 1. The second-order valence-corrected chi connectivity index (χ2v) is 8.22. The Bertz CT molecular complexity index is 1170. The lowest BCUT2D eigenvalue weighted by molar-refractivity contribution is -0.116. The highest BCUT2D eigenvalue weighted by Crippen LogP contribution is 2.44. The average Bonchev–Trinajstić information content (AvgIpc) is 2.97. The number of para-hydroxylation sites is 2. The number of anilines is 2. The smallest absolute Gasteiger partial charge is 0.163 e. The summed E-state index contributed by atoms with van der Waals surface area (Å²) in [7, 11) is 0. The van der Waals surface area contributed by atoms with Crippen LogP contribution in [0.3, 0.4) is 0 Å². The van der Waals surface area contributed by atoms with E-state index in [9.17, 15) is 9.18 Å². The van der Waals surface area contributed by atoms with Gasteiger partial charge in [-0.3, -0.25) is 4.79 Å². The molecule has 0 bridgehead atoms. The number of nitrogens with one attached hydrogen (secondary N) is 2. The van der Waals surface area contributed by atoms with Crippen LogP contribution in [-0.4, -0.2) is 12.4 Å². The van der Waals surface area contributed by atoms with E-state index in [1.807, 2.05) is 55.5 Å². The maximum Gasteiger partial charge on any atom is 0.163 e. The molecule has 0 radical (unpaired) electrons. The van der Waals surface area contributed by atoms with Crippen molar-refractivity contribution in [1.82, 2.24) is 0 Å². The number of carbonyl (C=O) groups excluding carboxylic acids is 1. The van der Waals surface area contributed by atoms with Crippen molar-refractivity contribution in [2.24, 2.45) is 0 Å². The predicted molar refractivity (Wildman–Crippen MR) is 124 cm³/mol. The molecule has 1 aliphatic carbocycles. The largest absolute Gasteiger partial charge is 0.494 e. The summed E-state index contributed by atoms with van der Waals surface area (Å²) in [4.78, 5) is 13.5. The van der Waals surface area contributed by atoms with Gasteiger partial charge in [-0.05, 0) is 66.8 Å². The van der Waals surface area contributed by atoms with Gasteiger partial charge in [0, 0.05) is 17.7 Å². The van der Waals surface area contributed by atoms with E-state index >= 15 is 0 Å². The minimum Gasteiger partial charge on any atom is -0.494 e. The molecule has 5 rings (SSSR count). The van der Waals surface area contributed by atoms with E-state index in [1.165, 1.54) is 12.1 Å². The van der Waals surface area contributed by atoms with Crippen LogP contribution in [0.25, 0.3) is 0 Å².